The van der Waals surface area contributed by atoms with E-state index in [1.807, 2.05) is 6.07 Å². The van der Waals surface area contributed by atoms with E-state index in [1.165, 1.54) is 11.3 Å². The van der Waals surface area contributed by atoms with Crippen LogP contribution in [0.15, 0.2) is 47.7 Å². The molecular formula is C22H32IN7O. The minimum absolute atomic E-state index is 0. The predicted molar refractivity (Wildman–Crippen MR) is 136 cm³/mol. The summed E-state index contributed by atoms with van der Waals surface area (Å²) in [5.41, 5.74) is 2.48. The first kappa shape index (κ1) is 23.5. The molecule has 0 amide bonds. The van der Waals surface area contributed by atoms with Crippen LogP contribution in [0.1, 0.15) is 12.5 Å². The summed E-state index contributed by atoms with van der Waals surface area (Å²) < 4.78 is 5.44. The second-order valence-electron chi connectivity index (χ2n) is 7.46. The number of halogens is 1. The van der Waals surface area contributed by atoms with Gasteiger partial charge in [-0.1, -0.05) is 12.1 Å². The Morgan fingerprint density at radius 2 is 1.65 bits per heavy atom. The molecule has 2 saturated heterocycles. The summed E-state index contributed by atoms with van der Waals surface area (Å²) >= 11 is 0. The molecule has 9 heteroatoms. The Morgan fingerprint density at radius 1 is 0.968 bits per heavy atom. The third kappa shape index (κ3) is 6.42. The normalized spacial score (nSPS) is 17.3. The fourth-order valence-electron chi connectivity index (χ4n) is 3.80. The minimum atomic E-state index is 0. The summed E-state index contributed by atoms with van der Waals surface area (Å²) in [7, 11) is 0. The molecule has 1 aromatic heterocycles. The fourth-order valence-corrected chi connectivity index (χ4v) is 3.80. The van der Waals surface area contributed by atoms with Gasteiger partial charge in [0.25, 0.3) is 0 Å². The number of morpholine rings is 1. The van der Waals surface area contributed by atoms with E-state index in [4.69, 9.17) is 9.73 Å². The van der Waals surface area contributed by atoms with Gasteiger partial charge >= 0.3 is 0 Å². The average Bonchev–Trinajstić information content (AvgIpc) is 2.83. The zero-order valence-electron chi connectivity index (χ0n) is 18.1. The molecule has 0 radical (unpaired) electrons. The molecule has 2 aliphatic heterocycles. The van der Waals surface area contributed by atoms with Gasteiger partial charge < -0.3 is 24.8 Å². The number of benzene rings is 1. The van der Waals surface area contributed by atoms with Gasteiger partial charge in [0, 0.05) is 63.9 Å². The quantitative estimate of drug-likeness (QED) is 0.357. The van der Waals surface area contributed by atoms with E-state index in [2.05, 4.69) is 61.2 Å². The lowest BCUT2D eigenvalue weighted by Crippen LogP contribution is -2.52. The SMILES string of the molecule is CCNC(=NCc1ccc(N2CCOCC2)cc1)N1CCN(c2ncccn2)CC1.I. The maximum atomic E-state index is 5.44. The van der Waals surface area contributed by atoms with Crippen LogP contribution in [0.4, 0.5) is 11.6 Å². The molecule has 0 aliphatic carbocycles. The Morgan fingerprint density at radius 3 is 2.29 bits per heavy atom. The van der Waals surface area contributed by atoms with Crippen LogP contribution in [-0.4, -0.2) is 79.9 Å². The van der Waals surface area contributed by atoms with Crippen LogP contribution in [0.5, 0.6) is 0 Å². The number of aromatic nitrogens is 2. The molecular weight excluding hydrogens is 505 g/mol. The Labute approximate surface area is 201 Å². The molecule has 2 aliphatic rings. The molecule has 1 N–H and O–H groups in total. The molecule has 2 aromatic rings. The first-order chi connectivity index (χ1) is 14.8. The van der Waals surface area contributed by atoms with Gasteiger partial charge in [-0.25, -0.2) is 15.0 Å². The molecule has 0 spiro atoms. The summed E-state index contributed by atoms with van der Waals surface area (Å²) in [6.07, 6.45) is 3.59. The van der Waals surface area contributed by atoms with Crippen molar-refractivity contribution in [2.24, 2.45) is 4.99 Å². The third-order valence-electron chi connectivity index (χ3n) is 5.47. The van der Waals surface area contributed by atoms with Crippen LogP contribution < -0.4 is 15.1 Å². The van der Waals surface area contributed by atoms with Crippen molar-refractivity contribution >= 4 is 41.6 Å². The smallest absolute Gasteiger partial charge is 0.225 e. The lowest BCUT2D eigenvalue weighted by Gasteiger charge is -2.36. The van der Waals surface area contributed by atoms with E-state index in [0.29, 0.717) is 6.54 Å². The third-order valence-corrected chi connectivity index (χ3v) is 5.47. The highest BCUT2D eigenvalue weighted by molar-refractivity contribution is 14.0. The monoisotopic (exact) mass is 537 g/mol. The molecule has 1 aromatic carbocycles. The molecule has 0 atom stereocenters. The Bertz CT molecular complexity index is 804. The summed E-state index contributed by atoms with van der Waals surface area (Å²) in [6, 6.07) is 10.6. The van der Waals surface area contributed by atoms with E-state index >= 15 is 0 Å². The fraction of sp³-hybridized carbons (Fsp3) is 0.500. The number of guanidine groups is 1. The lowest BCUT2D eigenvalue weighted by molar-refractivity contribution is 0.122. The van der Waals surface area contributed by atoms with Crippen LogP contribution in [0, 0.1) is 0 Å². The van der Waals surface area contributed by atoms with Crippen molar-refractivity contribution in [3.63, 3.8) is 0 Å². The summed E-state index contributed by atoms with van der Waals surface area (Å²) in [5.74, 6) is 1.78. The number of hydrogen-bond acceptors (Lipinski definition) is 6. The van der Waals surface area contributed by atoms with Crippen LogP contribution in [0.2, 0.25) is 0 Å². The molecule has 31 heavy (non-hydrogen) atoms. The van der Waals surface area contributed by atoms with Crippen molar-refractivity contribution in [1.82, 2.24) is 20.2 Å². The first-order valence-electron chi connectivity index (χ1n) is 10.8. The second-order valence-corrected chi connectivity index (χ2v) is 7.46. The highest BCUT2D eigenvalue weighted by Gasteiger charge is 2.21. The van der Waals surface area contributed by atoms with E-state index in [1.54, 1.807) is 12.4 Å². The highest BCUT2D eigenvalue weighted by Crippen LogP contribution is 2.17. The maximum absolute atomic E-state index is 5.44. The van der Waals surface area contributed by atoms with Crippen molar-refractivity contribution in [2.45, 2.75) is 13.5 Å². The van der Waals surface area contributed by atoms with Gasteiger partial charge in [0.05, 0.1) is 19.8 Å². The molecule has 168 valence electrons. The van der Waals surface area contributed by atoms with Gasteiger partial charge in [-0.15, -0.1) is 24.0 Å². The number of ether oxygens (including phenoxy) is 1. The zero-order chi connectivity index (χ0) is 20.6. The summed E-state index contributed by atoms with van der Waals surface area (Å²) in [4.78, 5) is 20.5. The number of nitrogens with one attached hydrogen (secondary N) is 1. The average molecular weight is 537 g/mol. The number of nitrogens with zero attached hydrogens (tertiary/aromatic N) is 6. The Hall–Kier alpha value is -2.14. The van der Waals surface area contributed by atoms with Crippen LogP contribution in [0.25, 0.3) is 0 Å². The number of anilines is 2. The topological polar surface area (TPSA) is 69.1 Å². The molecule has 2 fully saturated rings. The first-order valence-corrected chi connectivity index (χ1v) is 10.8. The predicted octanol–water partition coefficient (Wildman–Crippen LogP) is 2.22. The molecule has 0 unspecified atom stereocenters. The van der Waals surface area contributed by atoms with Crippen molar-refractivity contribution < 1.29 is 4.74 Å². The molecule has 4 rings (SSSR count). The van der Waals surface area contributed by atoms with E-state index in [9.17, 15) is 0 Å². The van der Waals surface area contributed by atoms with E-state index < -0.39 is 0 Å². The molecule has 0 saturated carbocycles. The highest BCUT2D eigenvalue weighted by atomic mass is 127. The summed E-state index contributed by atoms with van der Waals surface area (Å²) in [5, 5.41) is 3.44. The van der Waals surface area contributed by atoms with E-state index in [0.717, 1.165) is 70.9 Å². The van der Waals surface area contributed by atoms with Gasteiger partial charge in [0.2, 0.25) is 5.95 Å². The van der Waals surface area contributed by atoms with Gasteiger partial charge in [-0.05, 0) is 30.7 Å². The molecule has 3 heterocycles. The van der Waals surface area contributed by atoms with Crippen molar-refractivity contribution in [3.8, 4) is 0 Å². The summed E-state index contributed by atoms with van der Waals surface area (Å²) in [6.45, 7) is 10.8. The number of hydrogen-bond donors (Lipinski definition) is 1. The van der Waals surface area contributed by atoms with Gasteiger partial charge in [-0.2, -0.15) is 0 Å². The zero-order valence-corrected chi connectivity index (χ0v) is 20.4. The van der Waals surface area contributed by atoms with Gasteiger partial charge in [0.15, 0.2) is 5.96 Å². The van der Waals surface area contributed by atoms with Crippen LogP contribution in [-0.2, 0) is 11.3 Å². The van der Waals surface area contributed by atoms with Crippen molar-refractivity contribution in [1.29, 1.82) is 0 Å². The standard InChI is InChI=1S/C22H31N7O.HI/c1-2-23-21(28-10-12-29(13-11-28)22-24-8-3-9-25-22)26-18-19-4-6-20(7-5-19)27-14-16-30-17-15-27;/h3-9H,2,10-18H2,1H3,(H,23,26);1H. The van der Waals surface area contributed by atoms with Crippen LogP contribution in [0.3, 0.4) is 0 Å². The Kier molecular flexibility index (Phi) is 9.13. The van der Waals surface area contributed by atoms with Gasteiger partial charge in [0.1, 0.15) is 0 Å². The largest absolute Gasteiger partial charge is 0.378 e. The maximum Gasteiger partial charge on any atom is 0.225 e. The molecule has 8 nitrogen and oxygen atoms in total. The molecule has 0 bridgehead atoms. The Balaban J connectivity index is 0.00000272. The van der Waals surface area contributed by atoms with E-state index in [-0.39, 0.29) is 24.0 Å². The number of rotatable bonds is 5. The van der Waals surface area contributed by atoms with Crippen molar-refractivity contribution in [3.05, 3.63) is 48.3 Å². The number of aliphatic imine (C=N–C) groups is 1. The minimum Gasteiger partial charge on any atom is -0.378 e. The second kappa shape index (κ2) is 12.0. The van der Waals surface area contributed by atoms with Crippen LogP contribution >= 0.6 is 24.0 Å². The lowest BCUT2D eigenvalue weighted by atomic mass is 10.2. The number of piperazine rings is 1. The van der Waals surface area contributed by atoms with Crippen molar-refractivity contribution in [2.75, 3.05) is 68.8 Å². The van der Waals surface area contributed by atoms with Gasteiger partial charge in [-0.3, -0.25) is 0 Å².